The summed E-state index contributed by atoms with van der Waals surface area (Å²) < 4.78 is 9.92. The van der Waals surface area contributed by atoms with Crippen LogP contribution in [0.4, 0.5) is 11.4 Å². The lowest BCUT2D eigenvalue weighted by Gasteiger charge is -2.14. The number of hydrogen-bond donors (Lipinski definition) is 2. The van der Waals surface area contributed by atoms with Crippen molar-refractivity contribution in [3.8, 4) is 5.75 Å². The van der Waals surface area contributed by atoms with E-state index < -0.39 is 11.9 Å². The van der Waals surface area contributed by atoms with E-state index in [0.717, 1.165) is 0 Å². The highest BCUT2D eigenvalue weighted by Gasteiger charge is 2.19. The van der Waals surface area contributed by atoms with Crippen LogP contribution in [-0.2, 0) is 9.53 Å². The largest absolute Gasteiger partial charge is 0.496 e. The smallest absolute Gasteiger partial charge is 0.339 e. The molecule has 2 aromatic rings. The molecular weight excluding hydrogens is 360 g/mol. The van der Waals surface area contributed by atoms with Crippen molar-refractivity contribution in [2.24, 2.45) is 0 Å². The van der Waals surface area contributed by atoms with Crippen LogP contribution in [0.2, 0.25) is 5.02 Å². The lowest BCUT2D eigenvalue weighted by molar-refractivity contribution is -0.114. The highest BCUT2D eigenvalue weighted by Crippen LogP contribution is 2.31. The van der Waals surface area contributed by atoms with E-state index >= 15 is 0 Å². The number of carbonyl (C=O) groups is 3. The van der Waals surface area contributed by atoms with Crippen molar-refractivity contribution < 1.29 is 23.9 Å². The zero-order valence-electron chi connectivity index (χ0n) is 14.4. The molecule has 136 valence electrons. The van der Waals surface area contributed by atoms with E-state index in [0.29, 0.717) is 5.69 Å². The minimum Gasteiger partial charge on any atom is -0.496 e. The maximum atomic E-state index is 12.7. The van der Waals surface area contributed by atoms with Gasteiger partial charge in [0.2, 0.25) is 5.91 Å². The molecule has 0 radical (unpaired) electrons. The lowest BCUT2D eigenvalue weighted by atomic mass is 10.1. The molecule has 0 spiro atoms. The molecule has 8 heteroatoms. The zero-order chi connectivity index (χ0) is 19.3. The van der Waals surface area contributed by atoms with Gasteiger partial charge in [-0.3, -0.25) is 9.59 Å². The Bertz CT molecular complexity index is 867. The second kappa shape index (κ2) is 8.35. The third-order valence-corrected chi connectivity index (χ3v) is 3.74. The average molecular weight is 377 g/mol. The van der Waals surface area contributed by atoms with Crippen LogP contribution in [0.15, 0.2) is 36.4 Å². The Morgan fingerprint density at radius 2 is 1.65 bits per heavy atom. The molecule has 2 N–H and O–H groups in total. The van der Waals surface area contributed by atoms with Gasteiger partial charge in [0.05, 0.1) is 41.7 Å². The number of nitrogens with one attached hydrogen (secondary N) is 2. The van der Waals surface area contributed by atoms with Crippen molar-refractivity contribution in [1.29, 1.82) is 0 Å². The summed E-state index contributed by atoms with van der Waals surface area (Å²) in [6.45, 7) is 1.34. The summed E-state index contributed by atoms with van der Waals surface area (Å²) in [6, 6.07) is 9.26. The van der Waals surface area contributed by atoms with Gasteiger partial charge < -0.3 is 20.1 Å². The number of methoxy groups -OCH3 is 2. The Labute approximate surface area is 155 Å². The van der Waals surface area contributed by atoms with E-state index in [2.05, 4.69) is 10.6 Å². The summed E-state index contributed by atoms with van der Waals surface area (Å²) >= 11 is 6.13. The second-order valence-electron chi connectivity index (χ2n) is 5.20. The Balaban J connectivity index is 2.37. The van der Waals surface area contributed by atoms with E-state index in [4.69, 9.17) is 21.1 Å². The maximum Gasteiger partial charge on any atom is 0.339 e. The van der Waals surface area contributed by atoms with Crippen LogP contribution in [0.25, 0.3) is 0 Å². The van der Waals surface area contributed by atoms with E-state index in [1.54, 1.807) is 18.2 Å². The fourth-order valence-corrected chi connectivity index (χ4v) is 2.47. The molecule has 0 saturated heterocycles. The fraction of sp³-hybridized carbons (Fsp3) is 0.167. The maximum absolute atomic E-state index is 12.7. The molecule has 7 nitrogen and oxygen atoms in total. The first kappa shape index (κ1) is 19.3. The van der Waals surface area contributed by atoms with Crippen molar-refractivity contribution in [2.75, 3.05) is 24.9 Å². The normalized spacial score (nSPS) is 10.0. The predicted octanol–water partition coefficient (Wildman–Crippen LogP) is 3.35. The van der Waals surface area contributed by atoms with Crippen molar-refractivity contribution in [2.45, 2.75) is 6.92 Å². The minimum absolute atomic E-state index is 0.145. The van der Waals surface area contributed by atoms with Gasteiger partial charge in [0.1, 0.15) is 5.75 Å². The minimum atomic E-state index is -0.577. The van der Waals surface area contributed by atoms with Crippen molar-refractivity contribution in [3.05, 3.63) is 52.5 Å². The fourth-order valence-electron chi connectivity index (χ4n) is 2.25. The Morgan fingerprint density at radius 3 is 2.27 bits per heavy atom. The Hall–Kier alpha value is -3.06. The summed E-state index contributed by atoms with van der Waals surface area (Å²) in [7, 11) is 2.64. The third-order valence-electron chi connectivity index (χ3n) is 3.43. The predicted molar refractivity (Wildman–Crippen MR) is 98.0 cm³/mol. The van der Waals surface area contributed by atoms with Gasteiger partial charge in [-0.05, 0) is 18.2 Å². The van der Waals surface area contributed by atoms with Crippen LogP contribution >= 0.6 is 11.6 Å². The van der Waals surface area contributed by atoms with Gasteiger partial charge in [0.25, 0.3) is 5.91 Å². The van der Waals surface area contributed by atoms with Gasteiger partial charge in [0.15, 0.2) is 0 Å². The lowest BCUT2D eigenvalue weighted by Crippen LogP contribution is -2.17. The van der Waals surface area contributed by atoms with Crippen LogP contribution in [0.5, 0.6) is 5.75 Å². The number of hydrogen-bond acceptors (Lipinski definition) is 5. The number of amides is 2. The molecule has 0 aliphatic heterocycles. The summed E-state index contributed by atoms with van der Waals surface area (Å²) in [5.74, 6) is -1.20. The number of para-hydroxylation sites is 1. The van der Waals surface area contributed by atoms with E-state index in [1.165, 1.54) is 39.3 Å². The molecule has 0 aromatic heterocycles. The summed E-state index contributed by atoms with van der Waals surface area (Å²) in [5.41, 5.74) is 0.963. The van der Waals surface area contributed by atoms with Crippen LogP contribution in [0.3, 0.4) is 0 Å². The number of halogens is 1. The summed E-state index contributed by atoms with van der Waals surface area (Å²) in [5, 5.41) is 5.36. The molecule has 0 bridgehead atoms. The Kier molecular flexibility index (Phi) is 6.19. The van der Waals surface area contributed by atoms with Crippen molar-refractivity contribution in [3.63, 3.8) is 0 Å². The molecule has 2 aromatic carbocycles. The van der Waals surface area contributed by atoms with E-state index in [-0.39, 0.29) is 33.5 Å². The number of benzene rings is 2. The van der Waals surface area contributed by atoms with Gasteiger partial charge >= 0.3 is 5.97 Å². The molecule has 2 rings (SSSR count). The van der Waals surface area contributed by atoms with E-state index in [9.17, 15) is 14.4 Å². The SMILES string of the molecule is COC(=O)c1ccccc1NC(=O)c1cc(Cl)c(NC(C)=O)cc1OC. The molecule has 2 amide bonds. The Morgan fingerprint density at radius 1 is 0.962 bits per heavy atom. The third kappa shape index (κ3) is 4.31. The molecule has 0 unspecified atom stereocenters. The summed E-state index contributed by atoms with van der Waals surface area (Å²) in [6.07, 6.45) is 0. The van der Waals surface area contributed by atoms with Gasteiger partial charge in [-0.15, -0.1) is 0 Å². The number of anilines is 2. The average Bonchev–Trinajstić information content (AvgIpc) is 2.62. The molecule has 0 atom stereocenters. The number of ether oxygens (including phenoxy) is 2. The molecule has 0 saturated carbocycles. The van der Waals surface area contributed by atoms with Gasteiger partial charge in [-0.25, -0.2) is 4.79 Å². The molecule has 0 aliphatic rings. The van der Waals surface area contributed by atoms with Gasteiger partial charge in [0, 0.05) is 13.0 Å². The van der Waals surface area contributed by atoms with Crippen LogP contribution in [-0.4, -0.2) is 32.0 Å². The summed E-state index contributed by atoms with van der Waals surface area (Å²) in [4.78, 5) is 35.7. The molecule has 26 heavy (non-hydrogen) atoms. The first-order valence-corrected chi connectivity index (χ1v) is 7.89. The number of esters is 1. The quantitative estimate of drug-likeness (QED) is 0.780. The monoisotopic (exact) mass is 376 g/mol. The molecule has 0 aliphatic carbocycles. The van der Waals surface area contributed by atoms with Crippen LogP contribution in [0, 0.1) is 0 Å². The van der Waals surface area contributed by atoms with Gasteiger partial charge in [-0.2, -0.15) is 0 Å². The zero-order valence-corrected chi connectivity index (χ0v) is 15.1. The topological polar surface area (TPSA) is 93.7 Å². The van der Waals surface area contributed by atoms with Crippen molar-refractivity contribution >= 4 is 40.8 Å². The number of rotatable bonds is 5. The molecule has 0 heterocycles. The highest BCUT2D eigenvalue weighted by molar-refractivity contribution is 6.34. The highest BCUT2D eigenvalue weighted by atomic mass is 35.5. The van der Waals surface area contributed by atoms with Crippen LogP contribution < -0.4 is 15.4 Å². The first-order chi connectivity index (χ1) is 12.4. The van der Waals surface area contributed by atoms with Gasteiger partial charge in [-0.1, -0.05) is 23.7 Å². The van der Waals surface area contributed by atoms with Crippen molar-refractivity contribution in [1.82, 2.24) is 0 Å². The molecular formula is C18H17ClN2O5. The van der Waals surface area contributed by atoms with Crippen LogP contribution in [0.1, 0.15) is 27.6 Å². The van der Waals surface area contributed by atoms with E-state index in [1.807, 2.05) is 0 Å². The standard InChI is InChI=1S/C18H17ClN2O5/c1-10(22)20-15-9-16(25-2)12(8-13(15)19)17(23)21-14-7-5-4-6-11(14)18(24)26-3/h4-9H,1-3H3,(H,20,22)(H,21,23). The number of carbonyl (C=O) groups excluding carboxylic acids is 3. The molecule has 0 fully saturated rings. The first-order valence-electron chi connectivity index (χ1n) is 7.51. The second-order valence-corrected chi connectivity index (χ2v) is 5.61.